The fourth-order valence-corrected chi connectivity index (χ4v) is 4.74. The van der Waals surface area contributed by atoms with Gasteiger partial charge < -0.3 is 21.1 Å². The molecule has 7 nitrogen and oxygen atoms in total. The monoisotopic (exact) mass is 463 g/mol. The number of hydrogen-bond acceptors (Lipinski definition) is 5. The Hall–Kier alpha value is -2.03. The van der Waals surface area contributed by atoms with Crippen molar-refractivity contribution in [3.8, 4) is 0 Å². The van der Waals surface area contributed by atoms with Crippen LogP contribution in [0.5, 0.6) is 0 Å². The van der Waals surface area contributed by atoms with Crippen molar-refractivity contribution in [2.75, 3.05) is 49.5 Å². The molecule has 0 saturated carbocycles. The van der Waals surface area contributed by atoms with Gasteiger partial charge in [-0.1, -0.05) is 35.3 Å². The number of anilines is 2. The summed E-state index contributed by atoms with van der Waals surface area (Å²) in [6, 6.07) is 12.7. The Balaban J connectivity index is 1.37. The smallest absolute Gasteiger partial charge is 0.316 e. The van der Waals surface area contributed by atoms with Gasteiger partial charge >= 0.3 is 6.03 Å². The summed E-state index contributed by atoms with van der Waals surface area (Å²) in [5.74, 6) is 0. The second-order valence-electron chi connectivity index (χ2n) is 8.13. The number of nitrogens with two attached hydrogens (primary N) is 1. The third-order valence-corrected chi connectivity index (χ3v) is 6.50. The number of benzene rings is 2. The Morgan fingerprint density at radius 1 is 1.03 bits per heavy atom. The summed E-state index contributed by atoms with van der Waals surface area (Å²) in [6.07, 6.45) is -0.472. The molecule has 166 valence electrons. The van der Waals surface area contributed by atoms with Gasteiger partial charge in [-0.3, -0.25) is 9.80 Å². The maximum absolute atomic E-state index is 11.4. The zero-order valence-electron chi connectivity index (χ0n) is 17.2. The molecule has 9 heteroatoms. The molecule has 0 radical (unpaired) electrons. The fourth-order valence-electron chi connectivity index (χ4n) is 4.44. The van der Waals surface area contributed by atoms with Gasteiger partial charge in [0.1, 0.15) is 0 Å². The van der Waals surface area contributed by atoms with E-state index in [2.05, 4.69) is 32.1 Å². The maximum Gasteiger partial charge on any atom is 0.316 e. The molecule has 4 N–H and O–H groups in total. The van der Waals surface area contributed by atoms with Gasteiger partial charge in [0.05, 0.1) is 23.5 Å². The molecular formula is C22H27Cl2N5O2. The highest BCUT2D eigenvalue weighted by molar-refractivity contribution is 6.31. The number of aliphatic hydroxyl groups excluding tert-OH is 1. The highest BCUT2D eigenvalue weighted by atomic mass is 35.5. The lowest BCUT2D eigenvalue weighted by Gasteiger charge is -2.38. The van der Waals surface area contributed by atoms with Crippen LogP contribution in [0, 0.1) is 0 Å². The predicted molar refractivity (Wildman–Crippen MR) is 125 cm³/mol. The number of amides is 2. The number of piperazine rings is 1. The number of β-amino-alcohol motifs (C(OH)–C–C–N with tert-alkyl or cyclic N) is 1. The molecule has 2 saturated heterocycles. The van der Waals surface area contributed by atoms with Crippen LogP contribution in [0.3, 0.4) is 0 Å². The number of rotatable bonds is 5. The van der Waals surface area contributed by atoms with Crippen LogP contribution in [-0.4, -0.2) is 72.4 Å². The Kier molecular flexibility index (Phi) is 6.89. The predicted octanol–water partition coefficient (Wildman–Crippen LogP) is 2.85. The zero-order chi connectivity index (χ0) is 22.0. The first kappa shape index (κ1) is 22.2. The maximum atomic E-state index is 11.4. The number of primary amides is 1. The fraction of sp³-hybridized carbons (Fsp3) is 0.409. The second-order valence-corrected chi connectivity index (χ2v) is 9.00. The van der Waals surface area contributed by atoms with Crippen LogP contribution >= 0.6 is 23.2 Å². The number of halogens is 2. The normalized spacial score (nSPS) is 22.6. The van der Waals surface area contributed by atoms with Gasteiger partial charge in [-0.15, -0.1) is 0 Å². The first-order valence-electron chi connectivity index (χ1n) is 10.4. The average molecular weight is 464 g/mol. The summed E-state index contributed by atoms with van der Waals surface area (Å²) < 4.78 is 0. The first-order valence-corrected chi connectivity index (χ1v) is 11.1. The van der Waals surface area contributed by atoms with E-state index >= 15 is 0 Å². The summed E-state index contributed by atoms with van der Waals surface area (Å²) in [5, 5.41) is 14.7. The Bertz CT molecular complexity index is 919. The summed E-state index contributed by atoms with van der Waals surface area (Å²) >= 11 is 12.1. The Morgan fingerprint density at radius 2 is 1.71 bits per heavy atom. The number of aliphatic hydroxyl groups is 1. The number of urea groups is 1. The standard InChI is InChI=1S/C22H27Cl2N5O2/c23-16-3-1-15(2-4-16)12-27-7-9-28(10-8-27)20-13-29(14-21(20)30)19-6-5-17(24)11-18(19)26-22(25)31/h1-6,11,20-21,30H,7-10,12-14H2,(H3,25,26,31). The highest BCUT2D eigenvalue weighted by Crippen LogP contribution is 2.33. The van der Waals surface area contributed by atoms with E-state index in [-0.39, 0.29) is 6.04 Å². The van der Waals surface area contributed by atoms with E-state index in [1.807, 2.05) is 18.2 Å². The molecule has 2 aromatic carbocycles. The molecule has 2 heterocycles. The molecule has 0 bridgehead atoms. The van der Waals surface area contributed by atoms with Crippen molar-refractivity contribution in [1.82, 2.24) is 9.80 Å². The number of nitrogens with zero attached hydrogens (tertiary/aromatic N) is 3. The van der Waals surface area contributed by atoms with E-state index in [1.165, 1.54) is 5.56 Å². The molecule has 0 aromatic heterocycles. The average Bonchev–Trinajstić information content (AvgIpc) is 3.11. The molecule has 2 aliphatic heterocycles. The molecule has 2 aromatic rings. The van der Waals surface area contributed by atoms with E-state index in [0.717, 1.165) is 43.4 Å². The van der Waals surface area contributed by atoms with Crippen molar-refractivity contribution < 1.29 is 9.90 Å². The van der Waals surface area contributed by atoms with Gasteiger partial charge in [0.15, 0.2) is 0 Å². The van der Waals surface area contributed by atoms with Crippen molar-refractivity contribution in [2.45, 2.75) is 18.7 Å². The van der Waals surface area contributed by atoms with Gasteiger partial charge in [0.2, 0.25) is 0 Å². The molecule has 2 amide bonds. The highest BCUT2D eigenvalue weighted by Gasteiger charge is 2.37. The zero-order valence-corrected chi connectivity index (χ0v) is 18.7. The SMILES string of the molecule is NC(=O)Nc1cc(Cl)ccc1N1CC(O)C(N2CCN(Cc3ccc(Cl)cc3)CC2)C1. The first-order chi connectivity index (χ1) is 14.9. The summed E-state index contributed by atoms with van der Waals surface area (Å²) in [7, 11) is 0. The van der Waals surface area contributed by atoms with Crippen LogP contribution in [0.2, 0.25) is 10.0 Å². The van der Waals surface area contributed by atoms with Crippen molar-refractivity contribution in [2.24, 2.45) is 5.73 Å². The number of carbonyl (C=O) groups excluding carboxylic acids is 1. The van der Waals surface area contributed by atoms with Crippen molar-refractivity contribution in [3.63, 3.8) is 0 Å². The lowest BCUT2D eigenvalue weighted by Crippen LogP contribution is -2.53. The van der Waals surface area contributed by atoms with E-state index in [0.29, 0.717) is 23.8 Å². The van der Waals surface area contributed by atoms with Crippen molar-refractivity contribution >= 4 is 40.6 Å². The van der Waals surface area contributed by atoms with Crippen LogP contribution in [0.15, 0.2) is 42.5 Å². The minimum absolute atomic E-state index is 0.0368. The van der Waals surface area contributed by atoms with Crippen LogP contribution < -0.4 is 16.0 Å². The number of carbonyl (C=O) groups is 1. The van der Waals surface area contributed by atoms with Crippen LogP contribution in [-0.2, 0) is 6.54 Å². The number of nitrogens with one attached hydrogen (secondary N) is 1. The number of hydrogen-bond donors (Lipinski definition) is 3. The van der Waals surface area contributed by atoms with Gasteiger partial charge in [-0.25, -0.2) is 4.79 Å². The lowest BCUT2D eigenvalue weighted by molar-refractivity contribution is 0.0424. The third-order valence-electron chi connectivity index (χ3n) is 6.01. The third kappa shape index (κ3) is 5.42. The Morgan fingerprint density at radius 3 is 2.39 bits per heavy atom. The van der Waals surface area contributed by atoms with Gasteiger partial charge in [0, 0.05) is 55.9 Å². The van der Waals surface area contributed by atoms with Crippen LogP contribution in [0.25, 0.3) is 0 Å². The van der Waals surface area contributed by atoms with E-state index in [1.54, 1.807) is 12.1 Å². The summed E-state index contributed by atoms with van der Waals surface area (Å²) in [5.41, 5.74) is 7.93. The molecule has 0 aliphatic carbocycles. The topological polar surface area (TPSA) is 85.1 Å². The second kappa shape index (κ2) is 9.63. The molecule has 31 heavy (non-hydrogen) atoms. The molecule has 0 spiro atoms. The van der Waals surface area contributed by atoms with E-state index in [4.69, 9.17) is 28.9 Å². The summed E-state index contributed by atoms with van der Waals surface area (Å²) in [6.45, 7) is 5.75. The minimum Gasteiger partial charge on any atom is -0.390 e. The van der Waals surface area contributed by atoms with E-state index in [9.17, 15) is 9.90 Å². The Labute approximate surface area is 192 Å². The van der Waals surface area contributed by atoms with Crippen molar-refractivity contribution in [1.29, 1.82) is 0 Å². The molecule has 4 rings (SSSR count). The van der Waals surface area contributed by atoms with Gasteiger partial charge in [-0.05, 0) is 35.9 Å². The molecular weight excluding hydrogens is 437 g/mol. The summed E-state index contributed by atoms with van der Waals surface area (Å²) in [4.78, 5) is 18.2. The largest absolute Gasteiger partial charge is 0.390 e. The quantitative estimate of drug-likeness (QED) is 0.634. The molecule has 2 atom stereocenters. The lowest BCUT2D eigenvalue weighted by atomic mass is 10.1. The minimum atomic E-state index is -0.642. The van der Waals surface area contributed by atoms with Gasteiger partial charge in [0.25, 0.3) is 0 Å². The van der Waals surface area contributed by atoms with Crippen LogP contribution in [0.1, 0.15) is 5.56 Å². The van der Waals surface area contributed by atoms with Crippen LogP contribution in [0.4, 0.5) is 16.2 Å². The molecule has 2 fully saturated rings. The van der Waals surface area contributed by atoms with Crippen molar-refractivity contribution in [3.05, 3.63) is 58.1 Å². The van der Waals surface area contributed by atoms with E-state index < -0.39 is 12.1 Å². The molecule has 2 unspecified atom stereocenters. The molecule has 2 aliphatic rings. The van der Waals surface area contributed by atoms with Gasteiger partial charge in [-0.2, -0.15) is 0 Å².